The Morgan fingerprint density at radius 2 is 1.76 bits per heavy atom. The number of hydrogen-bond acceptors (Lipinski definition) is 3. The molecular formula is C23H27FN2O2S. The van der Waals surface area contributed by atoms with Crippen LogP contribution in [0, 0.1) is 11.7 Å². The fourth-order valence-corrected chi connectivity index (χ4v) is 4.51. The van der Waals surface area contributed by atoms with Gasteiger partial charge in [-0.1, -0.05) is 32.3 Å². The smallest absolute Gasteiger partial charge is 0.237 e. The number of hydrogen-bond donors (Lipinski definition) is 2. The minimum atomic E-state index is -0.337. The summed E-state index contributed by atoms with van der Waals surface area (Å²) in [5.41, 5.74) is 1.34. The Morgan fingerprint density at radius 1 is 1.03 bits per heavy atom. The second-order valence-electron chi connectivity index (χ2n) is 7.36. The quantitative estimate of drug-likeness (QED) is 0.559. The Labute approximate surface area is 175 Å². The highest BCUT2D eigenvalue weighted by Gasteiger charge is 2.22. The zero-order chi connectivity index (χ0) is 20.6. The third-order valence-corrected chi connectivity index (χ3v) is 6.49. The largest absolute Gasteiger partial charge is 0.326 e. The number of amides is 2. The number of thioether (sulfide) groups is 1. The second-order valence-corrected chi connectivity index (χ2v) is 8.64. The zero-order valence-electron chi connectivity index (χ0n) is 16.6. The molecule has 0 saturated heterocycles. The molecule has 1 fully saturated rings. The van der Waals surface area contributed by atoms with E-state index in [0.29, 0.717) is 12.1 Å². The Hall–Kier alpha value is -2.34. The summed E-state index contributed by atoms with van der Waals surface area (Å²) in [5.74, 6) is -0.268. The van der Waals surface area contributed by atoms with Gasteiger partial charge in [-0.15, -0.1) is 11.8 Å². The molecule has 2 N–H and O–H groups in total. The van der Waals surface area contributed by atoms with Crippen LogP contribution in [-0.4, -0.2) is 17.1 Å². The standard InChI is InChI=1S/C23H27FN2O2S/c1-2-21(23(28)25-18-13-11-17(24)12-14-18)29-20-10-6-9-19(15-20)26-22(27)16-7-4-3-5-8-16/h6,9-16,21H,2-5,7-8H2,1H3,(H,25,28)(H,26,27). The molecule has 2 amide bonds. The molecule has 1 saturated carbocycles. The van der Waals surface area contributed by atoms with Crippen molar-refractivity contribution < 1.29 is 14.0 Å². The molecule has 2 aromatic rings. The molecule has 4 nitrogen and oxygen atoms in total. The first-order chi connectivity index (χ1) is 14.0. The topological polar surface area (TPSA) is 58.2 Å². The van der Waals surface area contributed by atoms with Gasteiger partial charge in [0.25, 0.3) is 0 Å². The number of carbonyl (C=O) groups is 2. The van der Waals surface area contributed by atoms with Gasteiger partial charge in [0.05, 0.1) is 5.25 Å². The van der Waals surface area contributed by atoms with Crippen LogP contribution in [0.5, 0.6) is 0 Å². The molecule has 0 spiro atoms. The van der Waals surface area contributed by atoms with Crippen molar-refractivity contribution in [3.8, 4) is 0 Å². The van der Waals surface area contributed by atoms with Gasteiger partial charge in [0.1, 0.15) is 5.82 Å². The van der Waals surface area contributed by atoms with Crippen LogP contribution in [0.2, 0.25) is 0 Å². The summed E-state index contributed by atoms with van der Waals surface area (Å²) >= 11 is 1.46. The van der Waals surface area contributed by atoms with Gasteiger partial charge >= 0.3 is 0 Å². The van der Waals surface area contributed by atoms with Crippen molar-refractivity contribution in [2.75, 3.05) is 10.6 Å². The maximum Gasteiger partial charge on any atom is 0.237 e. The van der Waals surface area contributed by atoms with E-state index >= 15 is 0 Å². The van der Waals surface area contributed by atoms with Crippen LogP contribution in [0.1, 0.15) is 45.4 Å². The van der Waals surface area contributed by atoms with Crippen molar-refractivity contribution in [3.63, 3.8) is 0 Å². The summed E-state index contributed by atoms with van der Waals surface area (Å²) in [6.07, 6.45) is 6.03. The molecule has 154 valence electrons. The van der Waals surface area contributed by atoms with E-state index < -0.39 is 0 Å². The summed E-state index contributed by atoms with van der Waals surface area (Å²) in [4.78, 5) is 26.0. The maximum absolute atomic E-state index is 13.0. The minimum Gasteiger partial charge on any atom is -0.326 e. The highest BCUT2D eigenvalue weighted by Crippen LogP contribution is 2.30. The van der Waals surface area contributed by atoms with Gasteiger partial charge in [0, 0.05) is 22.2 Å². The van der Waals surface area contributed by atoms with Crippen LogP contribution in [0.3, 0.4) is 0 Å². The molecule has 0 aliphatic heterocycles. The highest BCUT2D eigenvalue weighted by molar-refractivity contribution is 8.00. The van der Waals surface area contributed by atoms with E-state index in [1.54, 1.807) is 12.1 Å². The van der Waals surface area contributed by atoms with E-state index in [1.807, 2.05) is 31.2 Å². The lowest BCUT2D eigenvalue weighted by Crippen LogP contribution is -2.25. The van der Waals surface area contributed by atoms with Gasteiger partial charge in [-0.3, -0.25) is 9.59 Å². The summed E-state index contributed by atoms with van der Waals surface area (Å²) in [5, 5.41) is 5.58. The van der Waals surface area contributed by atoms with Crippen molar-refractivity contribution in [1.29, 1.82) is 0 Å². The molecule has 1 aliphatic rings. The Kier molecular flexibility index (Phi) is 7.69. The fraction of sp³-hybridized carbons (Fsp3) is 0.391. The van der Waals surface area contributed by atoms with Crippen LogP contribution >= 0.6 is 11.8 Å². The molecule has 6 heteroatoms. The van der Waals surface area contributed by atoms with Crippen LogP contribution in [0.25, 0.3) is 0 Å². The van der Waals surface area contributed by atoms with E-state index in [4.69, 9.17) is 0 Å². The molecule has 0 bridgehead atoms. The molecule has 1 atom stereocenters. The summed E-state index contributed by atoms with van der Waals surface area (Å²) in [6.45, 7) is 1.95. The number of nitrogens with one attached hydrogen (secondary N) is 2. The van der Waals surface area contributed by atoms with E-state index in [2.05, 4.69) is 10.6 Å². The van der Waals surface area contributed by atoms with E-state index in [9.17, 15) is 14.0 Å². The molecule has 0 radical (unpaired) electrons. The Bertz CT molecular complexity index is 835. The number of carbonyl (C=O) groups excluding carboxylic acids is 2. The lowest BCUT2D eigenvalue weighted by molar-refractivity contribution is -0.120. The van der Waals surface area contributed by atoms with Crippen molar-refractivity contribution in [2.24, 2.45) is 5.92 Å². The first kappa shape index (κ1) is 21.4. The lowest BCUT2D eigenvalue weighted by Gasteiger charge is -2.21. The van der Waals surface area contributed by atoms with E-state index in [0.717, 1.165) is 36.3 Å². The van der Waals surface area contributed by atoms with Crippen LogP contribution < -0.4 is 10.6 Å². The minimum absolute atomic E-state index is 0.0907. The van der Waals surface area contributed by atoms with Crippen LogP contribution in [0.15, 0.2) is 53.4 Å². The molecular weight excluding hydrogens is 387 g/mol. The molecule has 3 rings (SSSR count). The molecule has 0 aromatic heterocycles. The predicted molar refractivity (Wildman–Crippen MR) is 117 cm³/mol. The van der Waals surface area contributed by atoms with Crippen molar-refractivity contribution in [1.82, 2.24) is 0 Å². The fourth-order valence-electron chi connectivity index (χ4n) is 3.50. The monoisotopic (exact) mass is 414 g/mol. The van der Waals surface area contributed by atoms with Gasteiger partial charge in [-0.2, -0.15) is 0 Å². The average Bonchev–Trinajstić information content (AvgIpc) is 2.74. The Balaban J connectivity index is 1.60. The van der Waals surface area contributed by atoms with Crippen molar-refractivity contribution in [3.05, 3.63) is 54.3 Å². The van der Waals surface area contributed by atoms with Crippen molar-refractivity contribution in [2.45, 2.75) is 55.6 Å². The first-order valence-electron chi connectivity index (χ1n) is 10.2. The van der Waals surface area contributed by atoms with E-state index in [1.165, 1.54) is 30.3 Å². The van der Waals surface area contributed by atoms with Crippen LogP contribution in [0.4, 0.5) is 15.8 Å². The van der Waals surface area contributed by atoms with Gasteiger partial charge in [-0.05, 0) is 61.7 Å². The third-order valence-electron chi connectivity index (χ3n) is 5.13. The predicted octanol–water partition coefficient (Wildman–Crippen LogP) is 5.85. The molecule has 0 heterocycles. The number of anilines is 2. The molecule has 2 aromatic carbocycles. The zero-order valence-corrected chi connectivity index (χ0v) is 17.4. The van der Waals surface area contributed by atoms with Gasteiger partial charge < -0.3 is 10.6 Å². The van der Waals surface area contributed by atoms with Gasteiger partial charge in [0.15, 0.2) is 0 Å². The average molecular weight is 415 g/mol. The van der Waals surface area contributed by atoms with Crippen molar-refractivity contribution >= 4 is 35.0 Å². The van der Waals surface area contributed by atoms with Gasteiger partial charge in [-0.25, -0.2) is 4.39 Å². The molecule has 1 unspecified atom stereocenters. The summed E-state index contributed by atoms with van der Waals surface area (Å²) in [6, 6.07) is 13.4. The van der Waals surface area contributed by atoms with Gasteiger partial charge in [0.2, 0.25) is 11.8 Å². The number of halogens is 1. The number of rotatable bonds is 7. The Morgan fingerprint density at radius 3 is 2.45 bits per heavy atom. The molecule has 29 heavy (non-hydrogen) atoms. The maximum atomic E-state index is 13.0. The SMILES string of the molecule is CCC(Sc1cccc(NC(=O)C2CCCCC2)c1)C(=O)Nc1ccc(F)cc1. The van der Waals surface area contributed by atoms with E-state index in [-0.39, 0.29) is 28.8 Å². The second kappa shape index (κ2) is 10.4. The summed E-state index contributed by atoms with van der Waals surface area (Å²) in [7, 11) is 0. The normalized spacial score (nSPS) is 15.5. The highest BCUT2D eigenvalue weighted by atomic mass is 32.2. The van der Waals surface area contributed by atoms with Crippen LogP contribution in [-0.2, 0) is 9.59 Å². The number of benzene rings is 2. The first-order valence-corrected chi connectivity index (χ1v) is 11.1. The summed E-state index contributed by atoms with van der Waals surface area (Å²) < 4.78 is 13.0. The lowest BCUT2D eigenvalue weighted by atomic mass is 9.88. The third kappa shape index (κ3) is 6.32. The molecule has 1 aliphatic carbocycles.